The molecule has 1 unspecified atom stereocenters. The summed E-state index contributed by atoms with van der Waals surface area (Å²) >= 11 is 2.00. The summed E-state index contributed by atoms with van der Waals surface area (Å²) in [4.78, 5) is 10.6. The molecular weight excluding hydrogens is 210 g/mol. The SMILES string of the molecule is CC1CN(c2ccnc(NN)n2)CCS1. The summed E-state index contributed by atoms with van der Waals surface area (Å²) in [5, 5.41) is 0.656. The van der Waals surface area contributed by atoms with Gasteiger partial charge >= 0.3 is 0 Å². The first-order valence-electron chi connectivity index (χ1n) is 4.96. The van der Waals surface area contributed by atoms with E-state index in [1.165, 1.54) is 0 Å². The van der Waals surface area contributed by atoms with E-state index in [1.54, 1.807) is 6.20 Å². The highest BCUT2D eigenvalue weighted by Gasteiger charge is 2.17. The number of nitrogens with one attached hydrogen (secondary N) is 1. The van der Waals surface area contributed by atoms with Gasteiger partial charge in [-0.1, -0.05) is 6.92 Å². The van der Waals surface area contributed by atoms with Crippen LogP contribution in [0.2, 0.25) is 0 Å². The third kappa shape index (κ3) is 2.51. The molecule has 1 aromatic rings. The number of nitrogens with zero attached hydrogens (tertiary/aromatic N) is 3. The summed E-state index contributed by atoms with van der Waals surface area (Å²) in [7, 11) is 0. The molecule has 1 aliphatic rings. The minimum atomic E-state index is 0.471. The van der Waals surface area contributed by atoms with Crippen molar-refractivity contribution in [2.45, 2.75) is 12.2 Å². The molecule has 0 saturated carbocycles. The molecule has 0 amide bonds. The molecule has 6 heteroatoms. The molecule has 2 heterocycles. The predicted octanol–water partition coefficient (Wildman–Crippen LogP) is 0.704. The van der Waals surface area contributed by atoms with Crippen LogP contribution in [0.25, 0.3) is 0 Å². The number of anilines is 2. The molecule has 0 aromatic carbocycles. The van der Waals surface area contributed by atoms with Crippen molar-refractivity contribution >= 4 is 23.5 Å². The van der Waals surface area contributed by atoms with E-state index in [0.717, 1.165) is 24.7 Å². The first kappa shape index (κ1) is 10.5. The molecule has 3 N–H and O–H groups in total. The van der Waals surface area contributed by atoms with Gasteiger partial charge in [-0.15, -0.1) is 0 Å². The molecular formula is C9H15N5S. The fourth-order valence-electron chi connectivity index (χ4n) is 1.62. The second-order valence-electron chi connectivity index (χ2n) is 3.51. The van der Waals surface area contributed by atoms with Crippen molar-refractivity contribution < 1.29 is 0 Å². The van der Waals surface area contributed by atoms with Crippen LogP contribution in [0.1, 0.15) is 6.92 Å². The van der Waals surface area contributed by atoms with E-state index in [9.17, 15) is 0 Å². The zero-order valence-corrected chi connectivity index (χ0v) is 9.50. The lowest BCUT2D eigenvalue weighted by molar-refractivity contribution is 0.768. The van der Waals surface area contributed by atoms with Crippen molar-refractivity contribution in [1.29, 1.82) is 0 Å². The minimum absolute atomic E-state index is 0.471. The fourth-order valence-corrected chi connectivity index (χ4v) is 2.63. The van der Waals surface area contributed by atoms with E-state index in [1.807, 2.05) is 17.8 Å². The lowest BCUT2D eigenvalue weighted by Gasteiger charge is -2.31. The highest BCUT2D eigenvalue weighted by Crippen LogP contribution is 2.22. The van der Waals surface area contributed by atoms with Crippen LogP contribution in [0, 0.1) is 0 Å². The first-order valence-corrected chi connectivity index (χ1v) is 6.00. The smallest absolute Gasteiger partial charge is 0.239 e. The Kier molecular flexibility index (Phi) is 3.27. The Morgan fingerprint density at radius 3 is 3.27 bits per heavy atom. The summed E-state index contributed by atoms with van der Waals surface area (Å²) in [6.07, 6.45) is 1.73. The van der Waals surface area contributed by atoms with Crippen LogP contribution < -0.4 is 16.2 Å². The van der Waals surface area contributed by atoms with Gasteiger partial charge in [0, 0.05) is 30.3 Å². The maximum absolute atomic E-state index is 5.28. The third-order valence-electron chi connectivity index (χ3n) is 2.34. The summed E-state index contributed by atoms with van der Waals surface area (Å²) < 4.78 is 0. The van der Waals surface area contributed by atoms with E-state index in [2.05, 4.69) is 27.2 Å². The van der Waals surface area contributed by atoms with Gasteiger partial charge in [0.25, 0.3) is 0 Å². The van der Waals surface area contributed by atoms with Crippen LogP contribution in [0.5, 0.6) is 0 Å². The van der Waals surface area contributed by atoms with Crippen LogP contribution >= 0.6 is 11.8 Å². The number of aromatic nitrogens is 2. The topological polar surface area (TPSA) is 67.1 Å². The minimum Gasteiger partial charge on any atom is -0.355 e. The largest absolute Gasteiger partial charge is 0.355 e. The van der Waals surface area contributed by atoms with Crippen LogP contribution in [0.3, 0.4) is 0 Å². The Bertz CT molecular complexity index is 332. The van der Waals surface area contributed by atoms with Gasteiger partial charge < -0.3 is 4.90 Å². The monoisotopic (exact) mass is 225 g/mol. The predicted molar refractivity (Wildman–Crippen MR) is 64.0 cm³/mol. The van der Waals surface area contributed by atoms with E-state index >= 15 is 0 Å². The highest BCUT2D eigenvalue weighted by molar-refractivity contribution is 8.00. The van der Waals surface area contributed by atoms with Gasteiger partial charge in [-0.2, -0.15) is 16.7 Å². The van der Waals surface area contributed by atoms with E-state index in [0.29, 0.717) is 11.2 Å². The molecule has 15 heavy (non-hydrogen) atoms. The van der Waals surface area contributed by atoms with Gasteiger partial charge in [-0.25, -0.2) is 10.8 Å². The Morgan fingerprint density at radius 2 is 2.53 bits per heavy atom. The van der Waals surface area contributed by atoms with Gasteiger partial charge in [0.05, 0.1) is 0 Å². The quantitative estimate of drug-likeness (QED) is 0.570. The Hall–Kier alpha value is -1.01. The highest BCUT2D eigenvalue weighted by atomic mass is 32.2. The Morgan fingerprint density at radius 1 is 1.67 bits per heavy atom. The second kappa shape index (κ2) is 4.67. The third-order valence-corrected chi connectivity index (χ3v) is 3.47. The number of rotatable bonds is 2. The molecule has 1 saturated heterocycles. The van der Waals surface area contributed by atoms with Gasteiger partial charge in [0.1, 0.15) is 5.82 Å². The maximum atomic E-state index is 5.28. The van der Waals surface area contributed by atoms with Crippen LogP contribution in [0.15, 0.2) is 12.3 Å². The molecule has 1 aliphatic heterocycles. The molecule has 5 nitrogen and oxygen atoms in total. The first-order chi connectivity index (χ1) is 7.29. The lowest BCUT2D eigenvalue weighted by atomic mass is 10.3. The van der Waals surface area contributed by atoms with Crippen molar-refractivity contribution in [2.24, 2.45) is 5.84 Å². The van der Waals surface area contributed by atoms with Gasteiger partial charge in [-0.3, -0.25) is 5.43 Å². The zero-order valence-electron chi connectivity index (χ0n) is 8.68. The van der Waals surface area contributed by atoms with Crippen molar-refractivity contribution in [3.05, 3.63) is 12.3 Å². The molecule has 2 rings (SSSR count). The molecule has 0 radical (unpaired) electrons. The number of nitrogens with two attached hydrogens (primary N) is 1. The van der Waals surface area contributed by atoms with Gasteiger partial charge in [0.15, 0.2) is 0 Å². The number of hydrazine groups is 1. The van der Waals surface area contributed by atoms with Crippen molar-refractivity contribution in [3.8, 4) is 0 Å². The number of hydrogen-bond donors (Lipinski definition) is 2. The molecule has 0 bridgehead atoms. The Labute approximate surface area is 93.4 Å². The average Bonchev–Trinajstić information content (AvgIpc) is 2.29. The fraction of sp³-hybridized carbons (Fsp3) is 0.556. The lowest BCUT2D eigenvalue weighted by Crippen LogP contribution is -2.37. The normalized spacial score (nSPS) is 21.5. The molecule has 1 fully saturated rings. The van der Waals surface area contributed by atoms with Crippen LogP contribution in [0.4, 0.5) is 11.8 Å². The van der Waals surface area contributed by atoms with Crippen molar-refractivity contribution in [3.63, 3.8) is 0 Å². The number of hydrogen-bond acceptors (Lipinski definition) is 6. The maximum Gasteiger partial charge on any atom is 0.239 e. The summed E-state index contributed by atoms with van der Waals surface area (Å²) in [5.41, 5.74) is 2.46. The van der Waals surface area contributed by atoms with Crippen molar-refractivity contribution in [1.82, 2.24) is 9.97 Å². The number of thioether (sulfide) groups is 1. The molecule has 1 aromatic heterocycles. The van der Waals surface area contributed by atoms with E-state index in [4.69, 9.17) is 5.84 Å². The van der Waals surface area contributed by atoms with Gasteiger partial charge in [-0.05, 0) is 6.07 Å². The molecule has 82 valence electrons. The second-order valence-corrected chi connectivity index (χ2v) is 5.06. The molecule has 1 atom stereocenters. The summed E-state index contributed by atoms with van der Waals surface area (Å²) in [5.74, 6) is 7.85. The summed E-state index contributed by atoms with van der Waals surface area (Å²) in [6, 6.07) is 1.92. The van der Waals surface area contributed by atoms with Crippen molar-refractivity contribution in [2.75, 3.05) is 29.2 Å². The average molecular weight is 225 g/mol. The molecule has 0 aliphatic carbocycles. The number of nitrogen functional groups attached to an aromatic ring is 1. The molecule has 0 spiro atoms. The van der Waals surface area contributed by atoms with Crippen LogP contribution in [-0.4, -0.2) is 34.1 Å². The van der Waals surface area contributed by atoms with Crippen LogP contribution in [-0.2, 0) is 0 Å². The summed E-state index contributed by atoms with van der Waals surface area (Å²) in [6.45, 7) is 4.31. The van der Waals surface area contributed by atoms with E-state index < -0.39 is 0 Å². The standard InChI is InChI=1S/C9H15N5S/c1-7-6-14(4-5-15-7)8-2-3-11-9(12-8)13-10/h2-3,7H,4-6,10H2,1H3,(H,11,12,13). The van der Waals surface area contributed by atoms with Gasteiger partial charge in [0.2, 0.25) is 5.95 Å². The Balaban J connectivity index is 2.13. The van der Waals surface area contributed by atoms with E-state index in [-0.39, 0.29) is 0 Å². The zero-order chi connectivity index (χ0) is 10.7.